The van der Waals surface area contributed by atoms with Crippen LogP contribution in [0.4, 0.5) is 5.95 Å². The fourth-order valence-electron chi connectivity index (χ4n) is 3.57. The summed E-state index contributed by atoms with van der Waals surface area (Å²) in [5.41, 5.74) is 2.18. The zero-order valence-corrected chi connectivity index (χ0v) is 16.9. The third-order valence-electron chi connectivity index (χ3n) is 5.36. The summed E-state index contributed by atoms with van der Waals surface area (Å²) < 4.78 is 0. The van der Waals surface area contributed by atoms with Gasteiger partial charge in [-0.1, -0.05) is 0 Å². The van der Waals surface area contributed by atoms with Crippen LogP contribution < -0.4 is 10.2 Å². The molecule has 3 aromatic rings. The number of piperazine rings is 1. The number of carbonyl (C=O) groups is 1. The van der Waals surface area contributed by atoms with Gasteiger partial charge >= 0.3 is 0 Å². The summed E-state index contributed by atoms with van der Waals surface area (Å²) in [6.07, 6.45) is 4.82. The SMILES string of the molecule is CC(c1ccc2cccnc2n1)N1CCN(c2ncc(C(=O)NCCO)cn2)CC1. The van der Waals surface area contributed by atoms with Gasteiger partial charge in [0.25, 0.3) is 5.91 Å². The zero-order valence-electron chi connectivity index (χ0n) is 16.9. The van der Waals surface area contributed by atoms with Gasteiger partial charge in [-0.25, -0.2) is 19.9 Å². The molecule has 2 N–H and O–H groups in total. The lowest BCUT2D eigenvalue weighted by Crippen LogP contribution is -2.47. The number of rotatable bonds is 6. The highest BCUT2D eigenvalue weighted by molar-refractivity contribution is 5.93. The number of carbonyl (C=O) groups excluding carboxylic acids is 1. The molecule has 0 aliphatic carbocycles. The summed E-state index contributed by atoms with van der Waals surface area (Å²) in [5, 5.41) is 12.4. The van der Waals surface area contributed by atoms with Crippen molar-refractivity contribution >= 4 is 22.9 Å². The van der Waals surface area contributed by atoms with Gasteiger partial charge in [0, 0.05) is 62.7 Å². The van der Waals surface area contributed by atoms with Crippen LogP contribution in [0.1, 0.15) is 29.0 Å². The lowest BCUT2D eigenvalue weighted by Gasteiger charge is -2.37. The summed E-state index contributed by atoms with van der Waals surface area (Å²) in [4.78, 5) is 34.2. The van der Waals surface area contributed by atoms with E-state index in [1.807, 2.05) is 12.1 Å². The van der Waals surface area contributed by atoms with Crippen LogP contribution in [0.15, 0.2) is 42.9 Å². The van der Waals surface area contributed by atoms with Crippen LogP contribution >= 0.6 is 0 Å². The smallest absolute Gasteiger partial charge is 0.254 e. The van der Waals surface area contributed by atoms with E-state index in [0.29, 0.717) is 11.5 Å². The fourth-order valence-corrected chi connectivity index (χ4v) is 3.57. The average Bonchev–Trinajstić information content (AvgIpc) is 2.82. The molecule has 0 spiro atoms. The number of pyridine rings is 2. The molecule has 1 unspecified atom stereocenters. The van der Waals surface area contributed by atoms with E-state index in [9.17, 15) is 4.79 Å². The number of aliphatic hydroxyl groups excluding tert-OH is 1. The molecule has 1 aliphatic heterocycles. The maximum atomic E-state index is 11.9. The lowest BCUT2D eigenvalue weighted by molar-refractivity contribution is 0.0944. The molecule has 3 aromatic heterocycles. The predicted molar refractivity (Wildman–Crippen MR) is 113 cm³/mol. The van der Waals surface area contributed by atoms with Crippen LogP contribution in [-0.2, 0) is 0 Å². The van der Waals surface area contributed by atoms with Gasteiger partial charge in [0.05, 0.1) is 17.9 Å². The van der Waals surface area contributed by atoms with Crippen molar-refractivity contribution in [1.82, 2.24) is 30.2 Å². The Hall–Kier alpha value is -3.17. The van der Waals surface area contributed by atoms with E-state index in [4.69, 9.17) is 10.1 Å². The van der Waals surface area contributed by atoms with Crippen LogP contribution in [-0.4, -0.2) is 75.2 Å². The Morgan fingerprint density at radius 2 is 1.90 bits per heavy atom. The van der Waals surface area contributed by atoms with E-state index in [2.05, 4.69) is 49.1 Å². The van der Waals surface area contributed by atoms with Crippen molar-refractivity contribution in [1.29, 1.82) is 0 Å². The topological polar surface area (TPSA) is 107 Å². The Labute approximate surface area is 174 Å². The number of fused-ring (bicyclic) bond motifs is 1. The van der Waals surface area contributed by atoms with Gasteiger partial charge in [0.2, 0.25) is 5.95 Å². The summed E-state index contributed by atoms with van der Waals surface area (Å²) in [6, 6.07) is 8.28. The van der Waals surface area contributed by atoms with Crippen molar-refractivity contribution in [3.8, 4) is 0 Å². The number of amides is 1. The van der Waals surface area contributed by atoms with E-state index in [-0.39, 0.29) is 25.1 Å². The second-order valence-electron chi connectivity index (χ2n) is 7.24. The largest absolute Gasteiger partial charge is 0.395 e. The number of hydrogen-bond acceptors (Lipinski definition) is 8. The Kier molecular flexibility index (Phi) is 6.10. The van der Waals surface area contributed by atoms with Crippen molar-refractivity contribution in [3.63, 3.8) is 0 Å². The van der Waals surface area contributed by atoms with Crippen molar-refractivity contribution in [3.05, 3.63) is 54.1 Å². The highest BCUT2D eigenvalue weighted by atomic mass is 16.3. The first-order valence-corrected chi connectivity index (χ1v) is 10.1. The van der Waals surface area contributed by atoms with Crippen LogP contribution in [0.25, 0.3) is 11.0 Å². The minimum atomic E-state index is -0.286. The average molecular weight is 407 g/mol. The maximum Gasteiger partial charge on any atom is 0.254 e. The highest BCUT2D eigenvalue weighted by Crippen LogP contribution is 2.23. The Bertz CT molecular complexity index is 1000. The molecule has 1 fully saturated rings. The van der Waals surface area contributed by atoms with Gasteiger partial charge < -0.3 is 15.3 Å². The van der Waals surface area contributed by atoms with Crippen LogP contribution in [0.2, 0.25) is 0 Å². The molecule has 30 heavy (non-hydrogen) atoms. The Morgan fingerprint density at radius 3 is 2.63 bits per heavy atom. The minimum Gasteiger partial charge on any atom is -0.395 e. The molecule has 0 bridgehead atoms. The van der Waals surface area contributed by atoms with E-state index in [1.54, 1.807) is 6.20 Å². The molecular formula is C21H25N7O2. The highest BCUT2D eigenvalue weighted by Gasteiger charge is 2.24. The summed E-state index contributed by atoms with van der Waals surface area (Å²) in [7, 11) is 0. The van der Waals surface area contributed by atoms with Crippen LogP contribution in [0.3, 0.4) is 0 Å². The van der Waals surface area contributed by atoms with Gasteiger partial charge in [-0.2, -0.15) is 0 Å². The van der Waals surface area contributed by atoms with Gasteiger partial charge in [-0.15, -0.1) is 0 Å². The van der Waals surface area contributed by atoms with Gasteiger partial charge in [-0.05, 0) is 31.2 Å². The summed E-state index contributed by atoms with van der Waals surface area (Å²) in [5.74, 6) is 0.334. The molecule has 9 nitrogen and oxygen atoms in total. The normalized spacial score (nSPS) is 15.9. The van der Waals surface area contributed by atoms with Crippen molar-refractivity contribution < 1.29 is 9.90 Å². The van der Waals surface area contributed by atoms with Gasteiger partial charge in [0.15, 0.2) is 5.65 Å². The molecule has 0 aromatic carbocycles. The second kappa shape index (κ2) is 9.10. The first-order chi connectivity index (χ1) is 14.7. The molecule has 1 amide bonds. The molecule has 1 saturated heterocycles. The number of anilines is 1. The van der Waals surface area contributed by atoms with E-state index < -0.39 is 0 Å². The maximum absolute atomic E-state index is 11.9. The first-order valence-electron chi connectivity index (χ1n) is 10.1. The predicted octanol–water partition coefficient (Wildman–Crippen LogP) is 1.03. The minimum absolute atomic E-state index is 0.0986. The molecule has 9 heteroatoms. The zero-order chi connectivity index (χ0) is 20.9. The second-order valence-corrected chi connectivity index (χ2v) is 7.24. The number of aromatic nitrogens is 4. The number of hydrogen-bond donors (Lipinski definition) is 2. The molecular weight excluding hydrogens is 382 g/mol. The Morgan fingerprint density at radius 1 is 1.13 bits per heavy atom. The lowest BCUT2D eigenvalue weighted by atomic mass is 10.1. The summed E-state index contributed by atoms with van der Waals surface area (Å²) in [6.45, 7) is 5.61. The van der Waals surface area contributed by atoms with Crippen molar-refractivity contribution in [2.24, 2.45) is 0 Å². The Balaban J connectivity index is 1.36. The van der Waals surface area contributed by atoms with Crippen LogP contribution in [0, 0.1) is 0 Å². The monoisotopic (exact) mass is 407 g/mol. The molecule has 0 saturated carbocycles. The number of aliphatic hydroxyl groups is 1. The molecule has 0 radical (unpaired) electrons. The van der Waals surface area contributed by atoms with Gasteiger partial charge in [0.1, 0.15) is 0 Å². The van der Waals surface area contributed by atoms with E-state index >= 15 is 0 Å². The van der Waals surface area contributed by atoms with Crippen molar-refractivity contribution in [2.75, 3.05) is 44.2 Å². The molecule has 1 aliphatic rings. The van der Waals surface area contributed by atoms with E-state index in [1.165, 1.54) is 12.4 Å². The first kappa shape index (κ1) is 20.1. The molecule has 4 heterocycles. The third-order valence-corrected chi connectivity index (χ3v) is 5.36. The van der Waals surface area contributed by atoms with Crippen molar-refractivity contribution in [2.45, 2.75) is 13.0 Å². The fraction of sp³-hybridized carbons (Fsp3) is 0.381. The van der Waals surface area contributed by atoms with Crippen LogP contribution in [0.5, 0.6) is 0 Å². The third kappa shape index (κ3) is 4.37. The number of nitrogens with one attached hydrogen (secondary N) is 1. The molecule has 156 valence electrons. The van der Waals surface area contributed by atoms with E-state index in [0.717, 1.165) is 42.9 Å². The molecule has 1 atom stereocenters. The van der Waals surface area contributed by atoms with Gasteiger partial charge in [-0.3, -0.25) is 9.69 Å². The number of nitrogens with zero attached hydrogens (tertiary/aromatic N) is 6. The standard InChI is InChI=1S/C21H25N7O2/c1-15(18-5-4-16-3-2-6-22-19(16)26-18)27-8-10-28(11-9-27)21-24-13-17(14-25-21)20(30)23-7-12-29/h2-6,13-15,29H,7-12H2,1H3,(H,23,30). The summed E-state index contributed by atoms with van der Waals surface area (Å²) >= 11 is 0. The quantitative estimate of drug-likeness (QED) is 0.624. The molecule has 4 rings (SSSR count).